The molecule has 0 unspecified atom stereocenters. The first-order chi connectivity index (χ1) is 9.72. The van der Waals surface area contributed by atoms with Crippen LogP contribution >= 0.6 is 23.2 Å². The van der Waals surface area contributed by atoms with Crippen LogP contribution < -0.4 is 10.1 Å². The fraction of sp³-hybridized carbons (Fsp3) is 0.250. The van der Waals surface area contributed by atoms with Gasteiger partial charge in [-0.25, -0.2) is 0 Å². The van der Waals surface area contributed by atoms with Crippen LogP contribution in [0.3, 0.4) is 0 Å². The predicted molar refractivity (Wildman–Crippen MR) is 82.6 cm³/mol. The summed E-state index contributed by atoms with van der Waals surface area (Å²) in [5.41, 5.74) is 3.74. The minimum absolute atomic E-state index is 0.489. The van der Waals surface area contributed by atoms with E-state index in [1.165, 1.54) is 11.1 Å². The van der Waals surface area contributed by atoms with E-state index in [-0.39, 0.29) is 0 Å². The number of halogens is 2. The topological polar surface area (TPSA) is 21.3 Å². The standard InChI is InChI=1S/C16H15Cl2NO/c17-15-4-1-11(7-16(15)18)10-20-14-3-2-12-5-6-19-9-13(12)8-14/h1-4,7-8,19H,5-6,9-10H2. The lowest BCUT2D eigenvalue weighted by Crippen LogP contribution is -2.23. The predicted octanol–water partition coefficient (Wildman–Crippen LogP) is 4.22. The molecule has 2 nitrogen and oxygen atoms in total. The van der Waals surface area contributed by atoms with Crippen LogP contribution in [0, 0.1) is 0 Å². The van der Waals surface area contributed by atoms with E-state index in [2.05, 4.69) is 17.4 Å². The van der Waals surface area contributed by atoms with Gasteiger partial charge in [0, 0.05) is 6.54 Å². The van der Waals surface area contributed by atoms with Crippen molar-refractivity contribution < 1.29 is 4.74 Å². The van der Waals surface area contributed by atoms with Crippen LogP contribution in [-0.4, -0.2) is 6.54 Å². The fourth-order valence-corrected chi connectivity index (χ4v) is 2.66. The van der Waals surface area contributed by atoms with Crippen molar-refractivity contribution in [2.45, 2.75) is 19.6 Å². The van der Waals surface area contributed by atoms with Crippen LogP contribution in [0.1, 0.15) is 16.7 Å². The highest BCUT2D eigenvalue weighted by Gasteiger charge is 2.09. The molecule has 0 radical (unpaired) electrons. The van der Waals surface area contributed by atoms with Gasteiger partial charge in [0.15, 0.2) is 0 Å². The van der Waals surface area contributed by atoms with Crippen molar-refractivity contribution in [2.24, 2.45) is 0 Å². The second kappa shape index (κ2) is 6.04. The third-order valence-electron chi connectivity index (χ3n) is 3.45. The van der Waals surface area contributed by atoms with Gasteiger partial charge in [-0.05, 0) is 53.9 Å². The summed E-state index contributed by atoms with van der Waals surface area (Å²) in [4.78, 5) is 0. The molecule has 0 saturated heterocycles. The molecule has 4 heteroatoms. The molecule has 0 fully saturated rings. The first kappa shape index (κ1) is 13.7. The first-order valence-corrected chi connectivity index (χ1v) is 7.37. The van der Waals surface area contributed by atoms with Crippen LogP contribution in [0.2, 0.25) is 10.0 Å². The molecule has 20 heavy (non-hydrogen) atoms. The highest BCUT2D eigenvalue weighted by atomic mass is 35.5. The lowest BCUT2D eigenvalue weighted by molar-refractivity contribution is 0.305. The molecule has 0 atom stereocenters. The molecular formula is C16H15Cl2NO. The zero-order chi connectivity index (χ0) is 13.9. The maximum absolute atomic E-state index is 5.99. The number of hydrogen-bond acceptors (Lipinski definition) is 2. The van der Waals surface area contributed by atoms with Crippen molar-refractivity contribution in [1.29, 1.82) is 0 Å². The number of ether oxygens (including phenoxy) is 1. The Balaban J connectivity index is 1.70. The molecule has 0 amide bonds. The van der Waals surface area contributed by atoms with Gasteiger partial charge in [-0.3, -0.25) is 0 Å². The number of fused-ring (bicyclic) bond motifs is 1. The quantitative estimate of drug-likeness (QED) is 0.917. The van der Waals surface area contributed by atoms with Gasteiger partial charge >= 0.3 is 0 Å². The van der Waals surface area contributed by atoms with Gasteiger partial charge in [-0.2, -0.15) is 0 Å². The molecule has 104 valence electrons. The van der Waals surface area contributed by atoms with Gasteiger partial charge in [0.2, 0.25) is 0 Å². The second-order valence-corrected chi connectivity index (χ2v) is 5.71. The fourth-order valence-electron chi connectivity index (χ4n) is 2.34. The Morgan fingerprint density at radius 2 is 1.90 bits per heavy atom. The molecule has 0 spiro atoms. The number of hydrogen-bond donors (Lipinski definition) is 1. The van der Waals surface area contributed by atoms with Gasteiger partial charge in [0.25, 0.3) is 0 Å². The van der Waals surface area contributed by atoms with Crippen molar-refractivity contribution in [2.75, 3.05) is 6.54 Å². The molecule has 0 bridgehead atoms. The summed E-state index contributed by atoms with van der Waals surface area (Å²) in [6, 6.07) is 11.8. The molecule has 1 aliphatic heterocycles. The maximum atomic E-state index is 5.99. The van der Waals surface area contributed by atoms with Crippen LogP contribution in [-0.2, 0) is 19.6 Å². The van der Waals surface area contributed by atoms with E-state index in [4.69, 9.17) is 27.9 Å². The minimum Gasteiger partial charge on any atom is -0.489 e. The van der Waals surface area contributed by atoms with Crippen LogP contribution in [0.15, 0.2) is 36.4 Å². The van der Waals surface area contributed by atoms with E-state index in [1.54, 1.807) is 6.07 Å². The van der Waals surface area contributed by atoms with Crippen molar-refractivity contribution >= 4 is 23.2 Å². The Labute approximate surface area is 128 Å². The molecule has 2 aromatic carbocycles. The van der Waals surface area contributed by atoms with E-state index in [0.29, 0.717) is 16.7 Å². The van der Waals surface area contributed by atoms with E-state index >= 15 is 0 Å². The van der Waals surface area contributed by atoms with Crippen molar-refractivity contribution in [3.05, 3.63) is 63.1 Å². The normalized spacial score (nSPS) is 13.9. The monoisotopic (exact) mass is 307 g/mol. The summed E-state index contributed by atoms with van der Waals surface area (Å²) in [7, 11) is 0. The average molecular weight is 308 g/mol. The number of rotatable bonds is 3. The molecule has 0 saturated carbocycles. The Morgan fingerprint density at radius 1 is 1.00 bits per heavy atom. The molecule has 1 heterocycles. The average Bonchev–Trinajstić information content (AvgIpc) is 2.48. The van der Waals surface area contributed by atoms with Crippen LogP contribution in [0.5, 0.6) is 5.75 Å². The zero-order valence-electron chi connectivity index (χ0n) is 11.0. The molecule has 1 N–H and O–H groups in total. The number of nitrogens with one attached hydrogen (secondary N) is 1. The summed E-state index contributed by atoms with van der Waals surface area (Å²) in [5.74, 6) is 0.888. The highest BCUT2D eigenvalue weighted by molar-refractivity contribution is 6.42. The Kier molecular flexibility index (Phi) is 4.16. The van der Waals surface area contributed by atoms with Crippen LogP contribution in [0.25, 0.3) is 0 Å². The summed E-state index contributed by atoms with van der Waals surface area (Å²) >= 11 is 11.9. The SMILES string of the molecule is Clc1ccc(COc2ccc3c(c2)CNCC3)cc1Cl. The van der Waals surface area contributed by atoms with E-state index in [0.717, 1.165) is 30.8 Å². The third-order valence-corrected chi connectivity index (χ3v) is 4.19. The third kappa shape index (κ3) is 3.09. The Morgan fingerprint density at radius 3 is 2.75 bits per heavy atom. The molecule has 2 aromatic rings. The van der Waals surface area contributed by atoms with E-state index < -0.39 is 0 Å². The molecule has 0 aliphatic carbocycles. The largest absolute Gasteiger partial charge is 0.489 e. The van der Waals surface area contributed by atoms with Gasteiger partial charge in [0.1, 0.15) is 12.4 Å². The van der Waals surface area contributed by atoms with E-state index in [1.807, 2.05) is 18.2 Å². The summed E-state index contributed by atoms with van der Waals surface area (Å²) < 4.78 is 5.82. The highest BCUT2D eigenvalue weighted by Crippen LogP contribution is 2.24. The van der Waals surface area contributed by atoms with Crippen LogP contribution in [0.4, 0.5) is 0 Å². The molecule has 3 rings (SSSR count). The maximum Gasteiger partial charge on any atom is 0.120 e. The molecule has 1 aliphatic rings. The van der Waals surface area contributed by atoms with Crippen molar-refractivity contribution in [1.82, 2.24) is 5.32 Å². The molecular weight excluding hydrogens is 293 g/mol. The zero-order valence-corrected chi connectivity index (χ0v) is 12.5. The Hall–Kier alpha value is -1.22. The van der Waals surface area contributed by atoms with Crippen molar-refractivity contribution in [3.63, 3.8) is 0 Å². The Bertz CT molecular complexity index is 628. The lowest BCUT2D eigenvalue weighted by Gasteiger charge is -2.18. The van der Waals surface area contributed by atoms with Crippen molar-refractivity contribution in [3.8, 4) is 5.75 Å². The molecule has 0 aromatic heterocycles. The van der Waals surface area contributed by atoms with Gasteiger partial charge in [-0.1, -0.05) is 35.3 Å². The van der Waals surface area contributed by atoms with Gasteiger partial charge in [-0.15, -0.1) is 0 Å². The van der Waals surface area contributed by atoms with Gasteiger partial charge < -0.3 is 10.1 Å². The minimum atomic E-state index is 0.489. The van der Waals surface area contributed by atoms with E-state index in [9.17, 15) is 0 Å². The second-order valence-electron chi connectivity index (χ2n) is 4.89. The smallest absolute Gasteiger partial charge is 0.120 e. The lowest BCUT2D eigenvalue weighted by atomic mass is 10.0. The number of benzene rings is 2. The summed E-state index contributed by atoms with van der Waals surface area (Å²) in [6.07, 6.45) is 1.09. The summed E-state index contributed by atoms with van der Waals surface area (Å²) in [5, 5.41) is 4.49. The first-order valence-electron chi connectivity index (χ1n) is 6.61. The van der Waals surface area contributed by atoms with Gasteiger partial charge in [0.05, 0.1) is 10.0 Å². The summed E-state index contributed by atoms with van der Waals surface area (Å²) in [6.45, 7) is 2.46.